The van der Waals surface area contributed by atoms with Crippen LogP contribution in [0.15, 0.2) is 82.9 Å². The monoisotopic (exact) mass is 493 g/mol. The van der Waals surface area contributed by atoms with Gasteiger partial charge in [-0.1, -0.05) is 54.1 Å². The molecule has 4 rings (SSSR count). The van der Waals surface area contributed by atoms with Crippen molar-refractivity contribution in [3.8, 4) is 5.75 Å². The molecule has 0 radical (unpaired) electrons. The summed E-state index contributed by atoms with van der Waals surface area (Å²) in [6.07, 6.45) is 3.82. The Morgan fingerprint density at radius 1 is 1.06 bits per heavy atom. The van der Waals surface area contributed by atoms with E-state index in [-0.39, 0.29) is 5.91 Å². The molecule has 1 amide bonds. The lowest BCUT2D eigenvalue weighted by atomic mass is 10.1. The second-order valence-corrected chi connectivity index (χ2v) is 8.45. The maximum Gasteiger partial charge on any atom is 0.262 e. The molecule has 3 nitrogen and oxygen atoms in total. The highest BCUT2D eigenvalue weighted by Crippen LogP contribution is 2.37. The van der Waals surface area contributed by atoms with E-state index in [0.717, 1.165) is 38.3 Å². The van der Waals surface area contributed by atoms with E-state index in [0.29, 0.717) is 17.2 Å². The first kappa shape index (κ1) is 21.4. The number of nitrogens with zero attached hydrogens (tertiary/aromatic N) is 1. The van der Waals surface area contributed by atoms with Gasteiger partial charge in [0.2, 0.25) is 0 Å². The molecular formula is C26H21BrClNO2. The van der Waals surface area contributed by atoms with E-state index in [2.05, 4.69) is 15.9 Å². The molecule has 0 saturated carbocycles. The van der Waals surface area contributed by atoms with Crippen LogP contribution in [0.2, 0.25) is 5.02 Å². The van der Waals surface area contributed by atoms with Crippen molar-refractivity contribution in [2.75, 3.05) is 11.5 Å². The Labute approximate surface area is 195 Å². The molecule has 0 aromatic heterocycles. The molecule has 0 N–H and O–H groups in total. The molecule has 5 heteroatoms. The summed E-state index contributed by atoms with van der Waals surface area (Å²) in [5, 5.41) is 0.630. The van der Waals surface area contributed by atoms with Gasteiger partial charge in [0.15, 0.2) is 0 Å². The molecule has 0 bridgehead atoms. The number of benzene rings is 3. The first-order valence-electron chi connectivity index (χ1n) is 9.99. The van der Waals surface area contributed by atoms with Gasteiger partial charge in [0, 0.05) is 10.6 Å². The maximum absolute atomic E-state index is 13.5. The number of ether oxygens (including phenoxy) is 1. The van der Waals surface area contributed by atoms with Crippen molar-refractivity contribution < 1.29 is 9.53 Å². The first-order valence-corrected chi connectivity index (χ1v) is 11.2. The Hall–Kier alpha value is -2.82. The first-order chi connectivity index (χ1) is 15.0. The van der Waals surface area contributed by atoms with E-state index in [1.54, 1.807) is 4.90 Å². The molecular weight excluding hydrogens is 474 g/mol. The summed E-state index contributed by atoms with van der Waals surface area (Å²) in [5.74, 6) is 0.683. The number of carbonyl (C=O) groups excluding carboxylic acids is 1. The normalized spacial score (nSPS) is 14.8. The Balaban J connectivity index is 1.78. The van der Waals surface area contributed by atoms with Crippen LogP contribution in [0.3, 0.4) is 0 Å². The van der Waals surface area contributed by atoms with Crippen LogP contribution in [0.5, 0.6) is 5.75 Å². The number of rotatable bonds is 5. The number of halogens is 2. The van der Waals surface area contributed by atoms with Crippen LogP contribution in [-0.4, -0.2) is 12.5 Å². The van der Waals surface area contributed by atoms with E-state index < -0.39 is 0 Å². The van der Waals surface area contributed by atoms with Gasteiger partial charge in [-0.25, -0.2) is 0 Å². The Morgan fingerprint density at radius 2 is 1.84 bits per heavy atom. The summed E-state index contributed by atoms with van der Waals surface area (Å²) >= 11 is 9.91. The van der Waals surface area contributed by atoms with Crippen molar-refractivity contribution in [3.05, 3.63) is 105 Å². The third-order valence-electron chi connectivity index (χ3n) is 5.04. The number of hydrogen-bond donors (Lipinski definition) is 0. The van der Waals surface area contributed by atoms with Gasteiger partial charge in [-0.2, -0.15) is 0 Å². The number of hydrogen-bond acceptors (Lipinski definition) is 2. The van der Waals surface area contributed by atoms with Gasteiger partial charge in [0.05, 0.1) is 22.5 Å². The lowest BCUT2D eigenvalue weighted by molar-refractivity contribution is -0.113. The molecule has 1 aliphatic rings. The highest BCUT2D eigenvalue weighted by Gasteiger charge is 2.30. The van der Waals surface area contributed by atoms with E-state index in [4.69, 9.17) is 16.3 Å². The highest BCUT2D eigenvalue weighted by molar-refractivity contribution is 9.10. The molecule has 0 atom stereocenters. The van der Waals surface area contributed by atoms with Crippen molar-refractivity contribution in [1.29, 1.82) is 0 Å². The van der Waals surface area contributed by atoms with Crippen molar-refractivity contribution in [3.63, 3.8) is 0 Å². The van der Waals surface area contributed by atoms with Crippen LogP contribution < -0.4 is 9.64 Å². The van der Waals surface area contributed by atoms with Gasteiger partial charge >= 0.3 is 0 Å². The molecule has 31 heavy (non-hydrogen) atoms. The summed E-state index contributed by atoms with van der Waals surface area (Å²) in [7, 11) is 0. The molecule has 0 aliphatic carbocycles. The van der Waals surface area contributed by atoms with Crippen LogP contribution in [-0.2, 0) is 4.79 Å². The van der Waals surface area contributed by atoms with Crippen LogP contribution in [0.4, 0.5) is 5.69 Å². The third kappa shape index (κ3) is 4.46. The number of carbonyl (C=O) groups is 1. The van der Waals surface area contributed by atoms with E-state index in [1.165, 1.54) is 0 Å². The Kier molecular flexibility index (Phi) is 6.30. The highest BCUT2D eigenvalue weighted by atomic mass is 79.9. The SMILES string of the molecule is CCOc1ccc(/C=C2\C=C(c3ccccc3)N(c3ccc(C)c(Cl)c3)C2=O)cc1Br. The molecule has 1 heterocycles. The summed E-state index contributed by atoms with van der Waals surface area (Å²) in [4.78, 5) is 15.2. The van der Waals surface area contributed by atoms with Crippen molar-refractivity contribution in [2.24, 2.45) is 0 Å². The quantitative estimate of drug-likeness (QED) is 0.349. The van der Waals surface area contributed by atoms with Gasteiger partial charge in [0.1, 0.15) is 5.75 Å². The zero-order valence-corrected chi connectivity index (χ0v) is 19.6. The standard InChI is InChI=1S/C26H21BrClNO2/c1-3-31-25-12-10-18(14-22(25)27)13-20-15-24(19-7-5-4-6-8-19)29(26(20)30)21-11-9-17(2)23(28)16-21/h4-16H,3H2,1-2H3/b20-13+. The molecule has 1 aliphatic heterocycles. The number of amides is 1. The van der Waals surface area contributed by atoms with Gasteiger partial charge in [-0.15, -0.1) is 0 Å². The van der Waals surface area contributed by atoms with Crippen LogP contribution in [0.1, 0.15) is 23.6 Å². The molecule has 0 saturated heterocycles. The molecule has 3 aromatic rings. The molecule has 0 unspecified atom stereocenters. The fraction of sp³-hybridized carbons (Fsp3) is 0.115. The van der Waals surface area contributed by atoms with Gasteiger partial charge in [-0.3, -0.25) is 9.69 Å². The minimum absolute atomic E-state index is 0.0937. The Bertz CT molecular complexity index is 1200. The summed E-state index contributed by atoms with van der Waals surface area (Å²) in [6, 6.07) is 21.4. The summed E-state index contributed by atoms with van der Waals surface area (Å²) < 4.78 is 6.44. The van der Waals surface area contributed by atoms with Crippen molar-refractivity contribution in [1.82, 2.24) is 0 Å². The van der Waals surface area contributed by atoms with Crippen molar-refractivity contribution in [2.45, 2.75) is 13.8 Å². The third-order valence-corrected chi connectivity index (χ3v) is 6.07. The fourth-order valence-electron chi connectivity index (χ4n) is 3.47. The maximum atomic E-state index is 13.5. The molecule has 156 valence electrons. The Morgan fingerprint density at radius 3 is 2.52 bits per heavy atom. The van der Waals surface area contributed by atoms with Crippen LogP contribution in [0, 0.1) is 6.92 Å². The predicted octanol–water partition coefficient (Wildman–Crippen LogP) is 7.28. The fourth-order valence-corrected chi connectivity index (χ4v) is 4.16. The van der Waals surface area contributed by atoms with Crippen LogP contribution in [0.25, 0.3) is 11.8 Å². The largest absolute Gasteiger partial charge is 0.493 e. The van der Waals surface area contributed by atoms with E-state index in [1.807, 2.05) is 92.7 Å². The average molecular weight is 495 g/mol. The van der Waals surface area contributed by atoms with Crippen molar-refractivity contribution >= 4 is 50.9 Å². The molecule has 0 spiro atoms. The molecule has 3 aromatic carbocycles. The second kappa shape index (κ2) is 9.13. The predicted molar refractivity (Wildman–Crippen MR) is 131 cm³/mol. The summed E-state index contributed by atoms with van der Waals surface area (Å²) in [6.45, 7) is 4.48. The minimum Gasteiger partial charge on any atom is -0.493 e. The van der Waals surface area contributed by atoms with Gasteiger partial charge in [-0.05, 0) is 82.9 Å². The lowest BCUT2D eigenvalue weighted by Gasteiger charge is -2.21. The average Bonchev–Trinajstić information content (AvgIpc) is 3.09. The van der Waals surface area contributed by atoms with Gasteiger partial charge in [0.25, 0.3) is 5.91 Å². The van der Waals surface area contributed by atoms with Crippen LogP contribution >= 0.6 is 27.5 Å². The zero-order valence-electron chi connectivity index (χ0n) is 17.2. The van der Waals surface area contributed by atoms with E-state index in [9.17, 15) is 4.79 Å². The smallest absolute Gasteiger partial charge is 0.262 e. The zero-order chi connectivity index (χ0) is 22.0. The van der Waals surface area contributed by atoms with Gasteiger partial charge < -0.3 is 4.74 Å². The second-order valence-electron chi connectivity index (χ2n) is 7.19. The number of aryl methyl sites for hydroxylation is 1. The topological polar surface area (TPSA) is 29.5 Å². The summed E-state index contributed by atoms with van der Waals surface area (Å²) in [5.41, 5.74) is 5.01. The lowest BCUT2D eigenvalue weighted by Crippen LogP contribution is -2.25. The molecule has 0 fully saturated rings. The number of anilines is 1. The minimum atomic E-state index is -0.0937. The van der Waals surface area contributed by atoms with E-state index >= 15 is 0 Å².